The third kappa shape index (κ3) is 4.48. The monoisotopic (exact) mass is 396 g/mol. The van der Waals surface area contributed by atoms with Crippen molar-refractivity contribution in [3.63, 3.8) is 0 Å². The topological polar surface area (TPSA) is 46.9 Å². The highest BCUT2D eigenvalue weighted by Gasteiger charge is 2.18. The number of nitrogens with zero attached hydrogens (tertiary/aromatic N) is 2. The van der Waals surface area contributed by atoms with Gasteiger partial charge in [-0.1, -0.05) is 39.8 Å². The zero-order valence-electron chi connectivity index (χ0n) is 14.4. The van der Waals surface area contributed by atoms with Crippen LogP contribution in [0.15, 0.2) is 18.2 Å². The van der Waals surface area contributed by atoms with Crippen molar-refractivity contribution < 1.29 is 10.2 Å². The third-order valence-corrected chi connectivity index (χ3v) is 7.88. The van der Waals surface area contributed by atoms with Crippen molar-refractivity contribution in [3.8, 4) is 16.2 Å². The molecule has 0 saturated carbocycles. The van der Waals surface area contributed by atoms with Crippen LogP contribution in [0.2, 0.25) is 0 Å². The van der Waals surface area contributed by atoms with Crippen LogP contribution in [0, 0.1) is 3.82 Å². The molecule has 1 aliphatic heterocycles. The Morgan fingerprint density at radius 1 is 1.12 bits per heavy atom. The molecule has 3 rings (SSSR count). The van der Waals surface area contributed by atoms with Gasteiger partial charge < -0.3 is 10.2 Å². The molecule has 0 bridgehead atoms. The minimum atomic E-state index is 0.218. The lowest BCUT2D eigenvalue weighted by Crippen LogP contribution is -2.46. The lowest BCUT2D eigenvalue weighted by Gasteiger charge is -2.34. The molecule has 2 aromatic rings. The molecule has 0 aliphatic carbocycles. The van der Waals surface area contributed by atoms with E-state index in [0.717, 1.165) is 60.6 Å². The maximum atomic E-state index is 10.3. The standard InChI is InChI=1S/C18H24N2O2S3/c1-2-15-17(24-25-18(15)23)13-3-4-16(22)14(11-13)12-20-7-5-19(6-8-20)9-10-21/h3-4,11,21-22H,2,5-10,12H2,1H3. The highest BCUT2D eigenvalue weighted by molar-refractivity contribution is 7.80. The molecule has 4 nitrogen and oxygen atoms in total. The summed E-state index contributed by atoms with van der Waals surface area (Å²) >= 11 is 5.44. The molecule has 1 aliphatic rings. The smallest absolute Gasteiger partial charge is 0.120 e. The summed E-state index contributed by atoms with van der Waals surface area (Å²) in [6.07, 6.45) is 0.942. The number of benzene rings is 1. The largest absolute Gasteiger partial charge is 0.508 e. The fraction of sp³-hybridized carbons (Fsp3) is 0.500. The summed E-state index contributed by atoms with van der Waals surface area (Å²) in [6, 6.07) is 5.91. The second kappa shape index (κ2) is 8.70. The average molecular weight is 397 g/mol. The molecule has 1 aromatic heterocycles. The second-order valence-corrected chi connectivity index (χ2v) is 9.12. The third-order valence-electron chi connectivity index (χ3n) is 4.69. The van der Waals surface area contributed by atoms with E-state index in [9.17, 15) is 5.11 Å². The van der Waals surface area contributed by atoms with Gasteiger partial charge >= 0.3 is 0 Å². The number of piperazine rings is 1. The predicted molar refractivity (Wildman–Crippen MR) is 108 cm³/mol. The molecule has 0 unspecified atom stereocenters. The lowest BCUT2D eigenvalue weighted by atomic mass is 10.0. The number of hydrogen-bond donors (Lipinski definition) is 2. The fourth-order valence-electron chi connectivity index (χ4n) is 3.21. The number of phenolic OH excluding ortho intramolecular Hbond substituents is 1. The van der Waals surface area contributed by atoms with E-state index in [2.05, 4.69) is 22.8 Å². The van der Waals surface area contributed by atoms with Gasteiger partial charge in [-0.15, -0.1) is 0 Å². The van der Waals surface area contributed by atoms with Crippen LogP contribution in [-0.2, 0) is 13.0 Å². The highest BCUT2D eigenvalue weighted by atomic mass is 32.9. The molecule has 1 saturated heterocycles. The van der Waals surface area contributed by atoms with Crippen molar-refractivity contribution in [2.45, 2.75) is 19.9 Å². The number of aliphatic hydroxyl groups is 1. The van der Waals surface area contributed by atoms with E-state index in [-0.39, 0.29) is 6.61 Å². The van der Waals surface area contributed by atoms with E-state index >= 15 is 0 Å². The van der Waals surface area contributed by atoms with Crippen molar-refractivity contribution in [2.24, 2.45) is 0 Å². The minimum absolute atomic E-state index is 0.218. The highest BCUT2D eigenvalue weighted by Crippen LogP contribution is 2.37. The lowest BCUT2D eigenvalue weighted by molar-refractivity contribution is 0.108. The summed E-state index contributed by atoms with van der Waals surface area (Å²) in [5.74, 6) is 0.360. The summed E-state index contributed by atoms with van der Waals surface area (Å²) in [4.78, 5) is 5.88. The Kier molecular flexibility index (Phi) is 6.60. The molecule has 0 radical (unpaired) electrons. The first-order valence-corrected chi connectivity index (χ1v) is 11.2. The molecule has 0 amide bonds. The van der Waals surface area contributed by atoms with Crippen molar-refractivity contribution in [1.29, 1.82) is 0 Å². The number of β-amino-alcohol motifs (C(OH)–C–C–N with tert-alkyl or cyclic N) is 1. The Bertz CT molecular complexity index is 764. The van der Waals surface area contributed by atoms with E-state index in [1.807, 2.05) is 6.07 Å². The first-order valence-electron chi connectivity index (χ1n) is 8.62. The maximum absolute atomic E-state index is 10.3. The van der Waals surface area contributed by atoms with Gasteiger partial charge in [0.2, 0.25) is 0 Å². The molecule has 0 atom stereocenters. The summed E-state index contributed by atoms with van der Waals surface area (Å²) in [6.45, 7) is 7.71. The number of aliphatic hydroxyl groups excluding tert-OH is 1. The molecule has 0 spiro atoms. The second-order valence-electron chi connectivity index (χ2n) is 6.30. The summed E-state index contributed by atoms with van der Waals surface area (Å²) in [7, 11) is 3.39. The zero-order valence-corrected chi connectivity index (χ0v) is 16.9. The SMILES string of the molecule is CCc1c(-c2ccc(O)c(CN3CCN(CCO)CC3)c2)ssc1=S. The van der Waals surface area contributed by atoms with Gasteiger partial charge in [0, 0.05) is 44.8 Å². The van der Waals surface area contributed by atoms with E-state index in [0.29, 0.717) is 5.75 Å². The molecule has 1 fully saturated rings. The van der Waals surface area contributed by atoms with Crippen LogP contribution < -0.4 is 0 Å². The van der Waals surface area contributed by atoms with Crippen LogP contribution >= 0.6 is 32.9 Å². The molecule has 2 N–H and O–H groups in total. The van der Waals surface area contributed by atoms with Gasteiger partial charge in [0.1, 0.15) is 9.57 Å². The number of aromatic hydroxyl groups is 1. The van der Waals surface area contributed by atoms with E-state index in [1.54, 1.807) is 26.7 Å². The minimum Gasteiger partial charge on any atom is -0.508 e. The van der Waals surface area contributed by atoms with Gasteiger partial charge in [0.15, 0.2) is 0 Å². The first-order chi connectivity index (χ1) is 12.1. The molecular formula is C18H24N2O2S3. The van der Waals surface area contributed by atoms with Gasteiger partial charge in [-0.05, 0) is 35.7 Å². The van der Waals surface area contributed by atoms with E-state index < -0.39 is 0 Å². The van der Waals surface area contributed by atoms with Crippen LogP contribution in [0.3, 0.4) is 0 Å². The van der Waals surface area contributed by atoms with E-state index in [1.165, 1.54) is 10.4 Å². The molecule has 25 heavy (non-hydrogen) atoms. The van der Waals surface area contributed by atoms with Gasteiger partial charge in [0.05, 0.1) is 11.5 Å². The van der Waals surface area contributed by atoms with Crippen molar-refractivity contribution >= 4 is 32.9 Å². The maximum Gasteiger partial charge on any atom is 0.120 e. The van der Waals surface area contributed by atoms with Gasteiger partial charge in [-0.3, -0.25) is 9.80 Å². The van der Waals surface area contributed by atoms with Gasteiger partial charge in [-0.2, -0.15) is 0 Å². The van der Waals surface area contributed by atoms with Crippen molar-refractivity contribution in [1.82, 2.24) is 9.80 Å². The van der Waals surface area contributed by atoms with Crippen LogP contribution in [0.25, 0.3) is 10.4 Å². The van der Waals surface area contributed by atoms with E-state index in [4.69, 9.17) is 17.3 Å². The van der Waals surface area contributed by atoms with Crippen LogP contribution in [0.5, 0.6) is 5.75 Å². The molecule has 7 heteroatoms. The Hall–Kier alpha value is -0.830. The quantitative estimate of drug-likeness (QED) is 0.577. The zero-order chi connectivity index (χ0) is 17.8. The van der Waals surface area contributed by atoms with Gasteiger partial charge in [-0.25, -0.2) is 0 Å². The normalized spacial score (nSPS) is 16.4. The molecule has 136 valence electrons. The number of phenols is 1. The molecule has 2 heterocycles. The summed E-state index contributed by atoms with van der Waals surface area (Å²) in [5, 5.41) is 19.3. The average Bonchev–Trinajstić information content (AvgIpc) is 2.99. The first kappa shape index (κ1) is 18.9. The van der Waals surface area contributed by atoms with Crippen molar-refractivity contribution in [2.75, 3.05) is 39.3 Å². The van der Waals surface area contributed by atoms with Crippen LogP contribution in [0.4, 0.5) is 0 Å². The molecular weight excluding hydrogens is 372 g/mol. The Morgan fingerprint density at radius 3 is 2.52 bits per heavy atom. The summed E-state index contributed by atoms with van der Waals surface area (Å²) in [5.41, 5.74) is 3.37. The van der Waals surface area contributed by atoms with Crippen LogP contribution in [0.1, 0.15) is 18.1 Å². The van der Waals surface area contributed by atoms with Gasteiger partial charge in [0.25, 0.3) is 0 Å². The predicted octanol–water partition coefficient (Wildman–Crippen LogP) is 3.58. The Balaban J connectivity index is 1.75. The number of rotatable bonds is 6. The molecule has 1 aromatic carbocycles. The number of hydrogen-bond acceptors (Lipinski definition) is 7. The van der Waals surface area contributed by atoms with Crippen LogP contribution in [-0.4, -0.2) is 59.3 Å². The Morgan fingerprint density at radius 2 is 1.84 bits per heavy atom. The summed E-state index contributed by atoms with van der Waals surface area (Å²) < 4.78 is 0.983. The fourth-order valence-corrected chi connectivity index (χ4v) is 6.33. The Labute approximate surface area is 161 Å². The van der Waals surface area contributed by atoms with Crippen molar-refractivity contribution in [3.05, 3.63) is 33.1 Å².